The molecule has 66 valence electrons. The molecule has 2 aromatic rings. The van der Waals surface area contributed by atoms with Crippen LogP contribution in [-0.4, -0.2) is 25.7 Å². The van der Waals surface area contributed by atoms with Crippen molar-refractivity contribution in [3.8, 4) is 0 Å². The second-order valence-electron chi connectivity index (χ2n) is 2.37. The molecule has 0 fully saturated rings. The molecule has 2 heterocycles. The summed E-state index contributed by atoms with van der Waals surface area (Å²) in [7, 11) is 0. The molecule has 0 amide bonds. The predicted octanol–water partition coefficient (Wildman–Crippen LogP) is 1.61. The smallest absolute Gasteiger partial charge is 0.417 e. The van der Waals surface area contributed by atoms with Gasteiger partial charge in [0.15, 0.2) is 5.65 Å². The Bertz CT molecular complexity index is 480. The van der Waals surface area contributed by atoms with Gasteiger partial charge < -0.3 is 5.11 Å². The quantitative estimate of drug-likeness (QED) is 0.697. The molecule has 0 aliphatic rings. The molecule has 0 aromatic carbocycles. The molecule has 0 radical (unpaired) electrons. The largest absolute Gasteiger partial charge is 0.464 e. The highest BCUT2D eigenvalue weighted by molar-refractivity contribution is 6.29. The predicted molar refractivity (Wildman–Crippen MR) is 46.0 cm³/mol. The molecule has 6 heteroatoms. The fourth-order valence-electron chi connectivity index (χ4n) is 1.04. The van der Waals surface area contributed by atoms with E-state index in [4.69, 9.17) is 16.7 Å². The average Bonchev–Trinajstić information content (AvgIpc) is 2.46. The normalized spacial score (nSPS) is 10.5. The van der Waals surface area contributed by atoms with E-state index < -0.39 is 6.09 Å². The highest BCUT2D eigenvalue weighted by atomic mass is 35.5. The SMILES string of the molecule is O=C(O)n1ccc2nc(Cl)cnc21. The Morgan fingerprint density at radius 2 is 2.38 bits per heavy atom. The van der Waals surface area contributed by atoms with Crippen LogP contribution in [0.3, 0.4) is 0 Å². The number of fused-ring (bicyclic) bond motifs is 1. The summed E-state index contributed by atoms with van der Waals surface area (Å²) in [6, 6.07) is 1.54. The number of carboxylic acid groups (broad SMARTS) is 1. The van der Waals surface area contributed by atoms with Gasteiger partial charge in [-0.15, -0.1) is 0 Å². The summed E-state index contributed by atoms with van der Waals surface area (Å²) in [5.74, 6) is 0. The van der Waals surface area contributed by atoms with E-state index in [0.717, 1.165) is 4.57 Å². The van der Waals surface area contributed by atoms with Crippen LogP contribution in [0, 0.1) is 0 Å². The van der Waals surface area contributed by atoms with Gasteiger partial charge in [-0.25, -0.2) is 19.3 Å². The van der Waals surface area contributed by atoms with E-state index in [1.54, 1.807) is 6.07 Å². The van der Waals surface area contributed by atoms with Gasteiger partial charge in [-0.05, 0) is 6.07 Å². The summed E-state index contributed by atoms with van der Waals surface area (Å²) in [5.41, 5.74) is 0.756. The first kappa shape index (κ1) is 8.00. The Morgan fingerprint density at radius 1 is 1.62 bits per heavy atom. The van der Waals surface area contributed by atoms with Crippen molar-refractivity contribution < 1.29 is 9.90 Å². The third kappa shape index (κ3) is 1.23. The van der Waals surface area contributed by atoms with Gasteiger partial charge in [0, 0.05) is 6.20 Å². The Balaban J connectivity index is 2.76. The summed E-state index contributed by atoms with van der Waals surface area (Å²) < 4.78 is 0.985. The van der Waals surface area contributed by atoms with Gasteiger partial charge in [0.2, 0.25) is 0 Å². The van der Waals surface area contributed by atoms with E-state index in [-0.39, 0.29) is 10.8 Å². The molecule has 0 spiro atoms. The number of carbonyl (C=O) groups is 1. The van der Waals surface area contributed by atoms with E-state index in [1.165, 1.54) is 12.4 Å². The summed E-state index contributed by atoms with van der Waals surface area (Å²) >= 11 is 5.58. The van der Waals surface area contributed by atoms with E-state index in [2.05, 4.69) is 9.97 Å². The molecule has 0 atom stereocenters. The first-order valence-electron chi connectivity index (χ1n) is 3.41. The maximum Gasteiger partial charge on any atom is 0.417 e. The van der Waals surface area contributed by atoms with Crippen molar-refractivity contribution in [3.63, 3.8) is 0 Å². The molecule has 0 aliphatic heterocycles. The lowest BCUT2D eigenvalue weighted by Crippen LogP contribution is -2.06. The standard InChI is InChI=1S/C7H4ClN3O2/c8-5-3-9-6-4(10-5)1-2-11(6)7(12)13/h1-3H,(H,12,13). The van der Waals surface area contributed by atoms with E-state index in [9.17, 15) is 4.79 Å². The van der Waals surface area contributed by atoms with Crippen molar-refractivity contribution in [2.24, 2.45) is 0 Å². The Morgan fingerprint density at radius 3 is 3.08 bits per heavy atom. The Kier molecular flexibility index (Phi) is 1.66. The zero-order valence-corrected chi connectivity index (χ0v) is 7.06. The zero-order chi connectivity index (χ0) is 9.42. The molecular weight excluding hydrogens is 194 g/mol. The Hall–Kier alpha value is -1.62. The molecule has 0 saturated heterocycles. The minimum Gasteiger partial charge on any atom is -0.464 e. The maximum absolute atomic E-state index is 10.6. The molecule has 2 rings (SSSR count). The van der Waals surface area contributed by atoms with Gasteiger partial charge in [-0.3, -0.25) is 0 Å². The summed E-state index contributed by atoms with van der Waals surface area (Å²) in [6.07, 6.45) is 1.60. The van der Waals surface area contributed by atoms with Gasteiger partial charge in [0.25, 0.3) is 0 Å². The fraction of sp³-hybridized carbons (Fsp3) is 0. The third-order valence-corrected chi connectivity index (χ3v) is 1.75. The molecule has 0 aliphatic carbocycles. The van der Waals surface area contributed by atoms with Crippen LogP contribution in [0.1, 0.15) is 0 Å². The second kappa shape index (κ2) is 2.70. The first-order chi connectivity index (χ1) is 6.18. The second-order valence-corrected chi connectivity index (χ2v) is 2.76. The lowest BCUT2D eigenvalue weighted by Gasteiger charge is -1.95. The molecular formula is C7H4ClN3O2. The van der Waals surface area contributed by atoms with E-state index in [0.29, 0.717) is 5.52 Å². The van der Waals surface area contributed by atoms with Crippen molar-refractivity contribution in [2.45, 2.75) is 0 Å². The van der Waals surface area contributed by atoms with Crippen LogP contribution in [0.2, 0.25) is 5.15 Å². The van der Waals surface area contributed by atoms with Gasteiger partial charge >= 0.3 is 6.09 Å². The number of rotatable bonds is 0. The monoisotopic (exact) mass is 197 g/mol. The van der Waals surface area contributed by atoms with Gasteiger partial charge in [0.1, 0.15) is 10.7 Å². The average molecular weight is 198 g/mol. The first-order valence-corrected chi connectivity index (χ1v) is 3.79. The van der Waals surface area contributed by atoms with Gasteiger partial charge in [-0.1, -0.05) is 11.6 Å². The molecule has 2 aromatic heterocycles. The molecule has 13 heavy (non-hydrogen) atoms. The lowest BCUT2D eigenvalue weighted by molar-refractivity contribution is 0.197. The van der Waals surface area contributed by atoms with Crippen molar-refractivity contribution in [2.75, 3.05) is 0 Å². The maximum atomic E-state index is 10.6. The van der Waals surface area contributed by atoms with Crippen molar-refractivity contribution in [1.29, 1.82) is 0 Å². The number of nitrogens with zero attached hydrogens (tertiary/aromatic N) is 3. The Labute approximate surface area is 77.6 Å². The third-order valence-electron chi connectivity index (χ3n) is 1.57. The van der Waals surface area contributed by atoms with Crippen molar-refractivity contribution in [3.05, 3.63) is 23.6 Å². The number of hydrogen-bond donors (Lipinski definition) is 1. The number of halogens is 1. The molecule has 0 bridgehead atoms. The van der Waals surface area contributed by atoms with Crippen LogP contribution in [0.25, 0.3) is 11.2 Å². The van der Waals surface area contributed by atoms with E-state index in [1.807, 2.05) is 0 Å². The zero-order valence-electron chi connectivity index (χ0n) is 6.31. The van der Waals surface area contributed by atoms with Gasteiger partial charge in [0.05, 0.1) is 6.20 Å². The highest BCUT2D eigenvalue weighted by Gasteiger charge is 2.08. The summed E-state index contributed by atoms with van der Waals surface area (Å²) in [4.78, 5) is 18.4. The van der Waals surface area contributed by atoms with Crippen molar-refractivity contribution in [1.82, 2.24) is 14.5 Å². The van der Waals surface area contributed by atoms with Crippen LogP contribution >= 0.6 is 11.6 Å². The lowest BCUT2D eigenvalue weighted by atomic mass is 10.5. The van der Waals surface area contributed by atoms with Crippen LogP contribution in [0.15, 0.2) is 18.5 Å². The summed E-state index contributed by atoms with van der Waals surface area (Å²) in [6.45, 7) is 0. The van der Waals surface area contributed by atoms with Gasteiger partial charge in [-0.2, -0.15) is 0 Å². The molecule has 0 saturated carbocycles. The van der Waals surface area contributed by atoms with Crippen LogP contribution in [0.4, 0.5) is 4.79 Å². The number of aromatic nitrogens is 3. The molecule has 1 N–H and O–H groups in total. The van der Waals surface area contributed by atoms with E-state index >= 15 is 0 Å². The molecule has 0 unspecified atom stereocenters. The number of hydrogen-bond acceptors (Lipinski definition) is 3. The highest BCUT2D eigenvalue weighted by Crippen LogP contribution is 2.13. The van der Waals surface area contributed by atoms with Crippen molar-refractivity contribution >= 4 is 28.9 Å². The van der Waals surface area contributed by atoms with Crippen LogP contribution < -0.4 is 0 Å². The fourth-order valence-corrected chi connectivity index (χ4v) is 1.18. The van der Waals surface area contributed by atoms with Crippen LogP contribution in [0.5, 0.6) is 0 Å². The minimum atomic E-state index is -1.09. The molecule has 5 nitrogen and oxygen atoms in total. The van der Waals surface area contributed by atoms with Crippen LogP contribution in [-0.2, 0) is 0 Å². The summed E-state index contributed by atoms with van der Waals surface area (Å²) in [5, 5.41) is 8.95. The minimum absolute atomic E-state index is 0.246. The topological polar surface area (TPSA) is 68.0 Å².